The van der Waals surface area contributed by atoms with E-state index < -0.39 is 5.97 Å². The average Bonchev–Trinajstić information content (AvgIpc) is 3.07. The first-order valence-corrected chi connectivity index (χ1v) is 6.70. The van der Waals surface area contributed by atoms with Gasteiger partial charge in [-0.15, -0.1) is 0 Å². The largest absolute Gasteiger partial charge is 0.493 e. The van der Waals surface area contributed by atoms with Crippen LogP contribution in [0.4, 0.5) is 0 Å². The van der Waals surface area contributed by atoms with Crippen molar-refractivity contribution in [2.45, 2.75) is 6.42 Å². The Kier molecular flexibility index (Phi) is 3.25. The van der Waals surface area contributed by atoms with Gasteiger partial charge >= 0.3 is 5.97 Å². The molecule has 1 N–H and O–H groups in total. The van der Waals surface area contributed by atoms with Gasteiger partial charge in [-0.2, -0.15) is 5.10 Å². The second kappa shape index (κ2) is 4.96. The molecule has 6 nitrogen and oxygen atoms in total. The molecule has 0 radical (unpaired) electrons. The van der Waals surface area contributed by atoms with Crippen molar-refractivity contribution in [3.05, 3.63) is 28.4 Å². The van der Waals surface area contributed by atoms with Crippen LogP contribution in [-0.4, -0.2) is 34.6 Å². The van der Waals surface area contributed by atoms with Gasteiger partial charge in [-0.3, -0.25) is 4.68 Å². The van der Waals surface area contributed by atoms with Crippen molar-refractivity contribution in [3.8, 4) is 22.8 Å². The quantitative estimate of drug-likeness (QED) is 0.942. The molecule has 1 aromatic heterocycles. The van der Waals surface area contributed by atoms with Gasteiger partial charge < -0.3 is 14.6 Å². The van der Waals surface area contributed by atoms with E-state index in [0.717, 1.165) is 5.56 Å². The number of ether oxygens (including phenoxy) is 2. The van der Waals surface area contributed by atoms with Gasteiger partial charge in [-0.25, -0.2) is 4.79 Å². The summed E-state index contributed by atoms with van der Waals surface area (Å²) in [6, 6.07) is 3.24. The Morgan fingerprint density at radius 1 is 1.52 bits per heavy atom. The maximum atomic E-state index is 11.0. The van der Waals surface area contributed by atoms with Gasteiger partial charge in [0.15, 0.2) is 17.2 Å². The maximum absolute atomic E-state index is 11.0. The molecule has 0 unspecified atom stereocenters. The van der Waals surface area contributed by atoms with Gasteiger partial charge in [-0.05, 0) is 12.1 Å². The number of aromatic carboxylic acids is 1. The molecule has 0 fully saturated rings. The van der Waals surface area contributed by atoms with Gasteiger partial charge in [0.25, 0.3) is 0 Å². The summed E-state index contributed by atoms with van der Waals surface area (Å²) >= 11 is 6.45. The molecular weight excluding hydrogens is 296 g/mol. The van der Waals surface area contributed by atoms with Crippen LogP contribution >= 0.6 is 11.6 Å². The zero-order valence-corrected chi connectivity index (χ0v) is 12.3. The SMILES string of the molecule is COc1cc(-c2cc(C(=O)O)nn2C)c(Cl)c2c1OCC2. The first kappa shape index (κ1) is 13.8. The van der Waals surface area contributed by atoms with Crippen molar-refractivity contribution >= 4 is 17.6 Å². The number of aryl methyl sites for hydroxylation is 1. The molecule has 0 aliphatic carbocycles. The minimum absolute atomic E-state index is 0.0284. The van der Waals surface area contributed by atoms with E-state index in [2.05, 4.69) is 5.10 Å². The number of carboxylic acid groups (broad SMARTS) is 1. The Morgan fingerprint density at radius 3 is 2.90 bits per heavy atom. The third-order valence-corrected chi connectivity index (χ3v) is 3.90. The molecule has 0 spiro atoms. The van der Waals surface area contributed by atoms with E-state index in [0.29, 0.717) is 40.8 Å². The molecule has 1 aromatic carbocycles. The first-order chi connectivity index (χ1) is 10.0. The zero-order valence-electron chi connectivity index (χ0n) is 11.5. The van der Waals surface area contributed by atoms with Crippen LogP contribution in [-0.2, 0) is 13.5 Å². The third kappa shape index (κ3) is 2.12. The number of methoxy groups -OCH3 is 1. The molecule has 110 valence electrons. The van der Waals surface area contributed by atoms with E-state index in [1.165, 1.54) is 10.7 Å². The fraction of sp³-hybridized carbons (Fsp3) is 0.286. The third-order valence-electron chi connectivity index (χ3n) is 3.47. The van der Waals surface area contributed by atoms with Gasteiger partial charge in [0.05, 0.1) is 24.4 Å². The summed E-state index contributed by atoms with van der Waals surface area (Å²) in [7, 11) is 3.23. The number of nitrogens with zero attached hydrogens (tertiary/aromatic N) is 2. The summed E-state index contributed by atoms with van der Waals surface area (Å²) in [5.41, 5.74) is 2.15. The number of hydrogen-bond acceptors (Lipinski definition) is 4. The Balaban J connectivity index is 2.21. The number of aromatic nitrogens is 2. The number of carbonyl (C=O) groups is 1. The van der Waals surface area contributed by atoms with Crippen molar-refractivity contribution in [2.24, 2.45) is 7.05 Å². The molecule has 0 amide bonds. The summed E-state index contributed by atoms with van der Waals surface area (Å²) < 4.78 is 12.4. The highest BCUT2D eigenvalue weighted by Gasteiger charge is 2.25. The molecule has 0 saturated carbocycles. The number of fused-ring (bicyclic) bond motifs is 1. The van der Waals surface area contributed by atoms with Crippen molar-refractivity contribution < 1.29 is 19.4 Å². The van der Waals surface area contributed by atoms with Crippen molar-refractivity contribution in [2.75, 3.05) is 13.7 Å². The number of benzene rings is 1. The second-order valence-electron chi connectivity index (χ2n) is 4.69. The molecule has 3 rings (SSSR count). The van der Waals surface area contributed by atoms with Crippen LogP contribution in [0, 0.1) is 0 Å². The molecule has 0 saturated heterocycles. The lowest BCUT2D eigenvalue weighted by Crippen LogP contribution is -1.99. The molecule has 0 bridgehead atoms. The highest BCUT2D eigenvalue weighted by atomic mass is 35.5. The van der Waals surface area contributed by atoms with Crippen LogP contribution in [0.3, 0.4) is 0 Å². The molecule has 2 heterocycles. The van der Waals surface area contributed by atoms with E-state index in [-0.39, 0.29) is 5.69 Å². The van der Waals surface area contributed by atoms with Crippen LogP contribution < -0.4 is 9.47 Å². The van der Waals surface area contributed by atoms with Gasteiger partial charge in [0, 0.05) is 24.6 Å². The Labute approximate surface area is 125 Å². The molecule has 1 aliphatic rings. The lowest BCUT2D eigenvalue weighted by Gasteiger charge is -2.12. The van der Waals surface area contributed by atoms with Gasteiger partial charge in [-0.1, -0.05) is 11.6 Å². The minimum Gasteiger partial charge on any atom is -0.493 e. The Hall–Kier alpha value is -2.21. The monoisotopic (exact) mass is 308 g/mol. The number of rotatable bonds is 3. The van der Waals surface area contributed by atoms with E-state index in [1.807, 2.05) is 0 Å². The van der Waals surface area contributed by atoms with E-state index >= 15 is 0 Å². The standard InChI is InChI=1S/C14H13ClN2O4/c1-17-10(6-9(16-17)14(18)19)8-5-11(20-2)13-7(12(8)15)3-4-21-13/h5-6H,3-4H2,1-2H3,(H,18,19). The number of halogens is 1. The predicted octanol–water partition coefficient (Wildman–Crippen LogP) is 2.38. The molecular formula is C14H13ClN2O4. The molecule has 1 aliphatic heterocycles. The van der Waals surface area contributed by atoms with Crippen LogP contribution in [0.5, 0.6) is 11.5 Å². The van der Waals surface area contributed by atoms with Gasteiger partial charge in [0.1, 0.15) is 0 Å². The lowest BCUT2D eigenvalue weighted by molar-refractivity contribution is 0.0689. The molecule has 21 heavy (non-hydrogen) atoms. The van der Waals surface area contributed by atoms with Gasteiger partial charge in [0.2, 0.25) is 0 Å². The summed E-state index contributed by atoms with van der Waals surface area (Å²) in [4.78, 5) is 11.0. The maximum Gasteiger partial charge on any atom is 0.356 e. The van der Waals surface area contributed by atoms with Crippen molar-refractivity contribution in [1.82, 2.24) is 9.78 Å². The fourth-order valence-electron chi connectivity index (χ4n) is 2.47. The smallest absolute Gasteiger partial charge is 0.356 e. The predicted molar refractivity (Wildman–Crippen MR) is 76.4 cm³/mol. The lowest BCUT2D eigenvalue weighted by atomic mass is 10.0. The number of hydrogen-bond donors (Lipinski definition) is 1. The normalized spacial score (nSPS) is 12.9. The van der Waals surface area contributed by atoms with E-state index in [4.69, 9.17) is 26.2 Å². The zero-order chi connectivity index (χ0) is 15.1. The summed E-state index contributed by atoms with van der Waals surface area (Å²) in [6.45, 7) is 0.556. The van der Waals surface area contributed by atoms with Crippen LogP contribution in [0.1, 0.15) is 16.1 Å². The second-order valence-corrected chi connectivity index (χ2v) is 5.07. The van der Waals surface area contributed by atoms with E-state index in [1.54, 1.807) is 20.2 Å². The van der Waals surface area contributed by atoms with Crippen LogP contribution in [0.2, 0.25) is 5.02 Å². The summed E-state index contributed by atoms with van der Waals surface area (Å²) in [5.74, 6) is 0.163. The minimum atomic E-state index is -1.08. The number of carboxylic acids is 1. The summed E-state index contributed by atoms with van der Waals surface area (Å²) in [6.07, 6.45) is 0.696. The van der Waals surface area contributed by atoms with Crippen molar-refractivity contribution in [3.63, 3.8) is 0 Å². The summed E-state index contributed by atoms with van der Waals surface area (Å²) in [5, 5.41) is 13.5. The fourth-order valence-corrected chi connectivity index (χ4v) is 2.80. The first-order valence-electron chi connectivity index (χ1n) is 6.32. The van der Waals surface area contributed by atoms with Crippen LogP contribution in [0.15, 0.2) is 12.1 Å². The highest BCUT2D eigenvalue weighted by Crippen LogP contribution is 2.45. The van der Waals surface area contributed by atoms with Crippen molar-refractivity contribution in [1.29, 1.82) is 0 Å². The Morgan fingerprint density at radius 2 is 2.29 bits per heavy atom. The molecule has 0 atom stereocenters. The molecule has 7 heteroatoms. The van der Waals surface area contributed by atoms with Crippen LogP contribution in [0.25, 0.3) is 11.3 Å². The topological polar surface area (TPSA) is 73.6 Å². The average molecular weight is 309 g/mol. The van der Waals surface area contributed by atoms with E-state index in [9.17, 15) is 4.79 Å². The Bertz CT molecular complexity index is 739. The molecule has 2 aromatic rings. The highest BCUT2D eigenvalue weighted by molar-refractivity contribution is 6.34.